The maximum Gasteiger partial charge on any atom is 0.341 e. The summed E-state index contributed by atoms with van der Waals surface area (Å²) >= 11 is 11.7. The molecule has 8 heteroatoms. The van der Waals surface area contributed by atoms with E-state index >= 15 is 0 Å². The van der Waals surface area contributed by atoms with Crippen LogP contribution in [0.4, 0.5) is 5.82 Å². The third-order valence-electron chi connectivity index (χ3n) is 2.33. The van der Waals surface area contributed by atoms with Gasteiger partial charge in [-0.15, -0.1) is 0 Å². The van der Waals surface area contributed by atoms with Gasteiger partial charge in [-0.05, 0) is 18.2 Å². The Labute approximate surface area is 118 Å². The summed E-state index contributed by atoms with van der Waals surface area (Å²) in [6.07, 6.45) is 1.17. The lowest BCUT2D eigenvalue weighted by atomic mass is 10.2. The van der Waals surface area contributed by atoms with Crippen molar-refractivity contribution in [3.8, 4) is 11.4 Å². The lowest BCUT2D eigenvalue weighted by Gasteiger charge is -2.07. The Morgan fingerprint density at radius 3 is 2.63 bits per heavy atom. The number of carboxylic acid groups (broad SMARTS) is 1. The number of hydrogen-bond donors (Lipinski definition) is 3. The summed E-state index contributed by atoms with van der Waals surface area (Å²) in [6.45, 7) is 0. The molecule has 0 saturated heterocycles. The van der Waals surface area contributed by atoms with Gasteiger partial charge in [0.25, 0.3) is 0 Å². The Kier molecular flexibility index (Phi) is 3.84. The number of anilines is 1. The molecule has 0 aliphatic carbocycles. The van der Waals surface area contributed by atoms with Crippen molar-refractivity contribution in [2.24, 2.45) is 5.84 Å². The number of rotatable bonds is 3. The van der Waals surface area contributed by atoms with Crippen molar-refractivity contribution in [3.63, 3.8) is 0 Å². The second-order valence-corrected chi connectivity index (χ2v) is 4.35. The van der Waals surface area contributed by atoms with Crippen LogP contribution in [0.5, 0.6) is 0 Å². The van der Waals surface area contributed by atoms with Gasteiger partial charge in [0.15, 0.2) is 11.6 Å². The lowest BCUT2D eigenvalue weighted by molar-refractivity contribution is 0.0697. The van der Waals surface area contributed by atoms with Crippen molar-refractivity contribution >= 4 is 35.0 Å². The van der Waals surface area contributed by atoms with Gasteiger partial charge in [0.05, 0.1) is 10.0 Å². The number of benzene rings is 1. The molecule has 0 unspecified atom stereocenters. The van der Waals surface area contributed by atoms with Crippen LogP contribution in [0.2, 0.25) is 10.0 Å². The molecule has 0 atom stereocenters. The minimum atomic E-state index is -1.17. The van der Waals surface area contributed by atoms with E-state index in [0.717, 1.165) is 0 Å². The van der Waals surface area contributed by atoms with Crippen molar-refractivity contribution in [1.82, 2.24) is 9.97 Å². The molecular weight excluding hydrogens is 291 g/mol. The molecule has 0 spiro atoms. The van der Waals surface area contributed by atoms with Crippen LogP contribution in [-0.2, 0) is 0 Å². The van der Waals surface area contributed by atoms with Crippen LogP contribution >= 0.6 is 23.2 Å². The SMILES string of the molecule is NNc1nc(-c2ccc(Cl)c(Cl)c2)ncc1C(=O)O. The van der Waals surface area contributed by atoms with Crippen LogP contribution in [0.1, 0.15) is 10.4 Å². The number of nitrogens with zero attached hydrogens (tertiary/aromatic N) is 2. The number of carbonyl (C=O) groups is 1. The number of nitrogens with two attached hydrogens (primary N) is 1. The third kappa shape index (κ3) is 2.76. The Morgan fingerprint density at radius 2 is 2.05 bits per heavy atom. The first-order valence-corrected chi connectivity index (χ1v) is 5.81. The molecule has 4 N–H and O–H groups in total. The number of nitrogens with one attached hydrogen (secondary N) is 1. The van der Waals surface area contributed by atoms with Gasteiger partial charge in [-0.25, -0.2) is 20.6 Å². The second kappa shape index (κ2) is 5.40. The molecule has 19 heavy (non-hydrogen) atoms. The predicted molar refractivity (Wildman–Crippen MR) is 72.3 cm³/mol. The van der Waals surface area contributed by atoms with Crippen molar-refractivity contribution in [3.05, 3.63) is 40.0 Å². The quantitative estimate of drug-likeness (QED) is 0.594. The van der Waals surface area contributed by atoms with Gasteiger partial charge in [-0.1, -0.05) is 23.2 Å². The maximum atomic E-state index is 10.9. The molecule has 98 valence electrons. The van der Waals surface area contributed by atoms with E-state index in [4.69, 9.17) is 34.2 Å². The number of nitrogen functional groups attached to an aromatic ring is 1. The molecule has 1 heterocycles. The fraction of sp³-hybridized carbons (Fsp3) is 0. The molecule has 1 aromatic carbocycles. The van der Waals surface area contributed by atoms with E-state index in [1.165, 1.54) is 6.20 Å². The smallest absolute Gasteiger partial charge is 0.341 e. The van der Waals surface area contributed by atoms with Crippen LogP contribution in [0.3, 0.4) is 0 Å². The van der Waals surface area contributed by atoms with Gasteiger partial charge in [-0.2, -0.15) is 0 Å². The van der Waals surface area contributed by atoms with E-state index < -0.39 is 5.97 Å². The predicted octanol–water partition coefficient (Wildman–Crippen LogP) is 2.43. The number of carboxylic acids is 1. The summed E-state index contributed by atoms with van der Waals surface area (Å²) in [5, 5.41) is 9.69. The lowest BCUT2D eigenvalue weighted by Crippen LogP contribution is -2.14. The fourth-order valence-corrected chi connectivity index (χ4v) is 1.72. The maximum absolute atomic E-state index is 10.9. The van der Waals surface area contributed by atoms with Crippen molar-refractivity contribution in [2.75, 3.05) is 5.43 Å². The van der Waals surface area contributed by atoms with E-state index in [0.29, 0.717) is 15.6 Å². The zero-order valence-corrected chi connectivity index (χ0v) is 10.9. The van der Waals surface area contributed by atoms with Crippen molar-refractivity contribution in [1.29, 1.82) is 0 Å². The Hall–Kier alpha value is -1.89. The normalized spacial score (nSPS) is 10.3. The van der Waals surface area contributed by atoms with E-state index in [1.54, 1.807) is 18.2 Å². The largest absolute Gasteiger partial charge is 0.477 e. The molecule has 0 aliphatic heterocycles. The highest BCUT2D eigenvalue weighted by Gasteiger charge is 2.14. The monoisotopic (exact) mass is 298 g/mol. The standard InChI is InChI=1S/C11H8Cl2N4O2/c12-7-2-1-5(3-8(7)13)9-15-4-6(11(18)19)10(16-9)17-14/h1-4H,14H2,(H,18,19)(H,15,16,17). The Morgan fingerprint density at radius 1 is 1.32 bits per heavy atom. The molecule has 0 saturated carbocycles. The van der Waals surface area contributed by atoms with Crippen molar-refractivity contribution in [2.45, 2.75) is 0 Å². The van der Waals surface area contributed by atoms with Crippen LogP contribution in [0.15, 0.2) is 24.4 Å². The van der Waals surface area contributed by atoms with E-state index in [2.05, 4.69) is 15.4 Å². The fourth-order valence-electron chi connectivity index (χ4n) is 1.42. The first-order chi connectivity index (χ1) is 9.02. The Bertz CT molecular complexity index is 649. The zero-order chi connectivity index (χ0) is 14.0. The minimum Gasteiger partial charge on any atom is -0.477 e. The summed E-state index contributed by atoms with van der Waals surface area (Å²) in [7, 11) is 0. The van der Waals surface area contributed by atoms with Crippen LogP contribution in [0, 0.1) is 0 Å². The van der Waals surface area contributed by atoms with Gasteiger partial charge < -0.3 is 10.5 Å². The minimum absolute atomic E-state index is 0.0172. The molecular formula is C11H8Cl2N4O2. The van der Waals surface area contributed by atoms with E-state index in [9.17, 15) is 4.79 Å². The van der Waals surface area contributed by atoms with Gasteiger partial charge in [0, 0.05) is 11.8 Å². The van der Waals surface area contributed by atoms with Gasteiger partial charge in [0.1, 0.15) is 5.56 Å². The highest BCUT2D eigenvalue weighted by Crippen LogP contribution is 2.27. The molecule has 2 rings (SSSR count). The second-order valence-electron chi connectivity index (χ2n) is 3.53. The first-order valence-electron chi connectivity index (χ1n) is 5.05. The topological polar surface area (TPSA) is 101 Å². The summed E-state index contributed by atoms with van der Waals surface area (Å²) in [6, 6.07) is 4.85. The number of hydrazine groups is 1. The van der Waals surface area contributed by atoms with E-state index in [1.807, 2.05) is 0 Å². The molecule has 0 bridgehead atoms. The molecule has 0 amide bonds. The third-order valence-corrected chi connectivity index (χ3v) is 3.07. The van der Waals surface area contributed by atoms with Gasteiger partial charge in [0.2, 0.25) is 0 Å². The highest BCUT2D eigenvalue weighted by atomic mass is 35.5. The highest BCUT2D eigenvalue weighted by molar-refractivity contribution is 6.42. The van der Waals surface area contributed by atoms with Gasteiger partial charge >= 0.3 is 5.97 Å². The van der Waals surface area contributed by atoms with Crippen LogP contribution in [-0.4, -0.2) is 21.0 Å². The number of halogens is 2. The Balaban J connectivity index is 2.51. The number of aromatic nitrogens is 2. The van der Waals surface area contributed by atoms with Crippen molar-refractivity contribution < 1.29 is 9.90 Å². The van der Waals surface area contributed by atoms with Crippen LogP contribution < -0.4 is 11.3 Å². The summed E-state index contributed by atoms with van der Waals surface area (Å²) in [5.74, 6) is 4.37. The first kappa shape index (κ1) is 13.5. The molecule has 0 aliphatic rings. The average molecular weight is 299 g/mol. The summed E-state index contributed by atoms with van der Waals surface area (Å²) in [5.41, 5.74) is 2.70. The van der Waals surface area contributed by atoms with Crippen LogP contribution in [0.25, 0.3) is 11.4 Å². The summed E-state index contributed by atoms with van der Waals surface area (Å²) < 4.78 is 0. The summed E-state index contributed by atoms with van der Waals surface area (Å²) in [4.78, 5) is 18.9. The number of hydrogen-bond acceptors (Lipinski definition) is 5. The number of aromatic carboxylic acids is 1. The van der Waals surface area contributed by atoms with Gasteiger partial charge in [-0.3, -0.25) is 0 Å². The molecule has 2 aromatic rings. The molecule has 0 fully saturated rings. The zero-order valence-electron chi connectivity index (χ0n) is 9.39. The average Bonchev–Trinajstić information content (AvgIpc) is 2.41. The molecule has 1 aromatic heterocycles. The van der Waals surface area contributed by atoms with E-state index in [-0.39, 0.29) is 17.2 Å². The molecule has 6 nitrogen and oxygen atoms in total. The molecule has 0 radical (unpaired) electrons.